The zero-order chi connectivity index (χ0) is 18.7. The average molecular weight is 363 g/mol. The Labute approximate surface area is 144 Å². The van der Waals surface area contributed by atoms with Crippen LogP contribution in [0, 0.1) is 0 Å². The standard InChI is InChI=1S/C17H12F3N3O3/c18-17(19,20)26-12-7-5-11(6-8-12)22-15(24)9-23-10-21-14-4-2-1-3-13(14)16(23)25/h1-8,10H,9H2,(H,22,24). The second-order valence-electron chi connectivity index (χ2n) is 5.32. The first-order valence-electron chi connectivity index (χ1n) is 7.42. The fraction of sp³-hybridized carbons (Fsp3) is 0.118. The minimum atomic E-state index is -4.78. The zero-order valence-corrected chi connectivity index (χ0v) is 13.2. The second kappa shape index (κ2) is 6.87. The van der Waals surface area contributed by atoms with Crippen molar-refractivity contribution in [3.8, 4) is 5.75 Å². The van der Waals surface area contributed by atoms with Gasteiger partial charge in [0, 0.05) is 5.69 Å². The lowest BCUT2D eigenvalue weighted by Crippen LogP contribution is -2.27. The third kappa shape index (κ3) is 4.18. The van der Waals surface area contributed by atoms with E-state index in [0.717, 1.165) is 16.7 Å². The highest BCUT2D eigenvalue weighted by Gasteiger charge is 2.30. The summed E-state index contributed by atoms with van der Waals surface area (Å²) in [6, 6.07) is 11.4. The van der Waals surface area contributed by atoms with Crippen LogP contribution >= 0.6 is 0 Å². The van der Waals surface area contributed by atoms with E-state index < -0.39 is 18.0 Å². The van der Waals surface area contributed by atoms with Gasteiger partial charge >= 0.3 is 6.36 Å². The van der Waals surface area contributed by atoms with Crippen LogP contribution in [0.2, 0.25) is 0 Å². The molecule has 0 atom stereocenters. The number of carbonyl (C=O) groups excluding carboxylic acids is 1. The number of para-hydroxylation sites is 1. The van der Waals surface area contributed by atoms with E-state index in [1.54, 1.807) is 24.3 Å². The fourth-order valence-corrected chi connectivity index (χ4v) is 2.31. The summed E-state index contributed by atoms with van der Waals surface area (Å²) in [5.41, 5.74) is 0.431. The number of nitrogens with one attached hydrogen (secondary N) is 1. The lowest BCUT2D eigenvalue weighted by molar-refractivity contribution is -0.274. The molecule has 0 aliphatic heterocycles. The highest BCUT2D eigenvalue weighted by molar-refractivity contribution is 5.90. The molecular formula is C17H12F3N3O3. The molecule has 0 fully saturated rings. The van der Waals surface area contributed by atoms with E-state index in [4.69, 9.17) is 0 Å². The van der Waals surface area contributed by atoms with Gasteiger partial charge in [0.15, 0.2) is 0 Å². The molecule has 0 aliphatic rings. The lowest BCUT2D eigenvalue weighted by atomic mass is 10.2. The molecule has 1 aromatic heterocycles. The maximum absolute atomic E-state index is 12.3. The molecular weight excluding hydrogens is 351 g/mol. The van der Waals surface area contributed by atoms with Crippen molar-refractivity contribution in [1.82, 2.24) is 9.55 Å². The molecule has 0 spiro atoms. The van der Waals surface area contributed by atoms with Crippen molar-refractivity contribution in [3.63, 3.8) is 0 Å². The van der Waals surface area contributed by atoms with Crippen LogP contribution < -0.4 is 15.6 Å². The highest BCUT2D eigenvalue weighted by Crippen LogP contribution is 2.23. The summed E-state index contributed by atoms with van der Waals surface area (Å²) in [5.74, 6) is -0.917. The van der Waals surface area contributed by atoms with E-state index in [9.17, 15) is 22.8 Å². The van der Waals surface area contributed by atoms with E-state index in [0.29, 0.717) is 10.9 Å². The number of nitrogens with zero attached hydrogens (tertiary/aromatic N) is 2. The van der Waals surface area contributed by atoms with Gasteiger partial charge in [-0.15, -0.1) is 13.2 Å². The number of hydrogen-bond acceptors (Lipinski definition) is 4. The summed E-state index contributed by atoms with van der Waals surface area (Å²) >= 11 is 0. The van der Waals surface area contributed by atoms with E-state index >= 15 is 0 Å². The molecule has 2 aromatic carbocycles. The Morgan fingerprint density at radius 2 is 1.81 bits per heavy atom. The first-order valence-corrected chi connectivity index (χ1v) is 7.42. The maximum atomic E-state index is 12.3. The summed E-state index contributed by atoms with van der Waals surface area (Å²) in [7, 11) is 0. The molecule has 0 unspecified atom stereocenters. The Bertz CT molecular complexity index is 998. The number of ether oxygens (including phenoxy) is 1. The van der Waals surface area contributed by atoms with Gasteiger partial charge in [0.2, 0.25) is 5.91 Å². The van der Waals surface area contributed by atoms with Gasteiger partial charge in [-0.05, 0) is 36.4 Å². The van der Waals surface area contributed by atoms with Crippen LogP contribution in [-0.2, 0) is 11.3 Å². The third-order valence-electron chi connectivity index (χ3n) is 3.42. The number of benzene rings is 2. The molecule has 26 heavy (non-hydrogen) atoms. The van der Waals surface area contributed by atoms with E-state index in [1.807, 2.05) is 0 Å². The zero-order valence-electron chi connectivity index (χ0n) is 13.2. The Balaban J connectivity index is 1.69. The predicted molar refractivity (Wildman–Crippen MR) is 87.8 cm³/mol. The summed E-state index contributed by atoms with van der Waals surface area (Å²) in [6.45, 7) is -0.280. The lowest BCUT2D eigenvalue weighted by Gasteiger charge is -2.10. The Kier molecular flexibility index (Phi) is 4.61. The van der Waals surface area contributed by atoms with Gasteiger partial charge in [-0.3, -0.25) is 14.2 Å². The van der Waals surface area contributed by atoms with Gasteiger partial charge < -0.3 is 10.1 Å². The number of carbonyl (C=O) groups is 1. The molecule has 0 bridgehead atoms. The summed E-state index contributed by atoms with van der Waals surface area (Å²) in [5, 5.41) is 2.88. The van der Waals surface area contributed by atoms with Crippen molar-refractivity contribution in [2.24, 2.45) is 0 Å². The number of hydrogen-bond donors (Lipinski definition) is 1. The minimum Gasteiger partial charge on any atom is -0.406 e. The molecule has 0 saturated carbocycles. The number of halogens is 3. The molecule has 0 saturated heterocycles. The Morgan fingerprint density at radius 1 is 1.12 bits per heavy atom. The van der Waals surface area contributed by atoms with Gasteiger partial charge in [0.25, 0.3) is 5.56 Å². The Morgan fingerprint density at radius 3 is 2.50 bits per heavy atom. The molecule has 6 nitrogen and oxygen atoms in total. The van der Waals surface area contributed by atoms with Gasteiger partial charge in [0.1, 0.15) is 12.3 Å². The van der Waals surface area contributed by atoms with Crippen LogP contribution in [0.25, 0.3) is 10.9 Å². The van der Waals surface area contributed by atoms with Crippen molar-refractivity contribution in [2.45, 2.75) is 12.9 Å². The number of aromatic nitrogens is 2. The maximum Gasteiger partial charge on any atom is 0.573 e. The van der Waals surface area contributed by atoms with Gasteiger partial charge in [-0.2, -0.15) is 0 Å². The Hall–Kier alpha value is -3.36. The number of anilines is 1. The summed E-state index contributed by atoms with van der Waals surface area (Å²) < 4.78 is 41.2. The number of alkyl halides is 3. The number of fused-ring (bicyclic) bond motifs is 1. The van der Waals surface area contributed by atoms with Crippen LogP contribution in [0.3, 0.4) is 0 Å². The first kappa shape index (κ1) is 17.5. The first-order chi connectivity index (χ1) is 12.3. The topological polar surface area (TPSA) is 73.2 Å². The van der Waals surface area contributed by atoms with E-state index in [2.05, 4.69) is 15.0 Å². The molecule has 1 amide bonds. The molecule has 9 heteroatoms. The monoisotopic (exact) mass is 363 g/mol. The predicted octanol–water partition coefficient (Wildman–Crippen LogP) is 2.93. The van der Waals surface area contributed by atoms with Crippen LogP contribution in [0.4, 0.5) is 18.9 Å². The minimum absolute atomic E-state index is 0.270. The van der Waals surface area contributed by atoms with Crippen LogP contribution in [0.1, 0.15) is 0 Å². The summed E-state index contributed by atoms with van der Waals surface area (Å²) in [4.78, 5) is 28.5. The van der Waals surface area contributed by atoms with Gasteiger partial charge in [-0.25, -0.2) is 4.98 Å². The smallest absolute Gasteiger partial charge is 0.406 e. The molecule has 0 aliphatic carbocycles. The molecule has 0 radical (unpaired) electrons. The molecule has 1 N–H and O–H groups in total. The fourth-order valence-electron chi connectivity index (χ4n) is 2.31. The molecule has 3 rings (SSSR count). The number of rotatable bonds is 4. The normalized spacial score (nSPS) is 11.3. The SMILES string of the molecule is O=C(Cn1cnc2ccccc2c1=O)Nc1ccc(OC(F)(F)F)cc1. The van der Waals surface area contributed by atoms with Crippen LogP contribution in [0.15, 0.2) is 59.7 Å². The van der Waals surface area contributed by atoms with Crippen LogP contribution in [0.5, 0.6) is 5.75 Å². The van der Waals surface area contributed by atoms with Crippen molar-refractivity contribution in [2.75, 3.05) is 5.32 Å². The van der Waals surface area contributed by atoms with E-state index in [-0.39, 0.29) is 17.8 Å². The van der Waals surface area contributed by atoms with Crippen molar-refractivity contribution in [1.29, 1.82) is 0 Å². The quantitative estimate of drug-likeness (QED) is 0.774. The van der Waals surface area contributed by atoms with E-state index in [1.165, 1.54) is 18.5 Å². The largest absolute Gasteiger partial charge is 0.573 e. The van der Waals surface area contributed by atoms with Crippen molar-refractivity contribution in [3.05, 3.63) is 65.2 Å². The molecule has 134 valence electrons. The van der Waals surface area contributed by atoms with Gasteiger partial charge in [-0.1, -0.05) is 12.1 Å². The van der Waals surface area contributed by atoms with Crippen molar-refractivity contribution >= 4 is 22.5 Å². The third-order valence-corrected chi connectivity index (χ3v) is 3.42. The van der Waals surface area contributed by atoms with Crippen molar-refractivity contribution < 1.29 is 22.7 Å². The molecule has 3 aromatic rings. The number of amides is 1. The highest BCUT2D eigenvalue weighted by atomic mass is 19.4. The average Bonchev–Trinajstić information content (AvgIpc) is 2.58. The summed E-state index contributed by atoms with van der Waals surface area (Å²) in [6.07, 6.45) is -3.51. The van der Waals surface area contributed by atoms with Crippen LogP contribution in [-0.4, -0.2) is 21.8 Å². The molecule has 1 heterocycles. The second-order valence-corrected chi connectivity index (χ2v) is 5.32. The van der Waals surface area contributed by atoms with Gasteiger partial charge in [0.05, 0.1) is 17.2 Å².